The van der Waals surface area contributed by atoms with Gasteiger partial charge in [0.25, 0.3) is 5.91 Å². The molecule has 2 amide bonds. The van der Waals surface area contributed by atoms with Crippen molar-refractivity contribution in [3.05, 3.63) is 82.5 Å². The van der Waals surface area contributed by atoms with Gasteiger partial charge in [-0.1, -0.05) is 42.1 Å². The fourth-order valence-corrected chi connectivity index (χ4v) is 5.62. The molecule has 4 rings (SSSR count). The maximum absolute atomic E-state index is 13.9. The SMILES string of the molecule is CCN(CC)C(=O)C1=C(C)N=C2SC=C(CC(=O)NCCN(C)C)N2[C@@H]1c1cccc(Oc2ccccc2)c1. The number of rotatable bonds is 11. The maximum Gasteiger partial charge on any atom is 0.254 e. The summed E-state index contributed by atoms with van der Waals surface area (Å²) < 4.78 is 6.14. The van der Waals surface area contributed by atoms with E-state index in [4.69, 9.17) is 9.73 Å². The average molecular weight is 548 g/mol. The molecule has 9 heteroatoms. The number of nitrogens with one attached hydrogen (secondary N) is 1. The van der Waals surface area contributed by atoms with E-state index in [2.05, 4.69) is 5.32 Å². The van der Waals surface area contributed by atoms with Gasteiger partial charge < -0.3 is 24.8 Å². The molecule has 0 spiro atoms. The van der Waals surface area contributed by atoms with Gasteiger partial charge in [-0.2, -0.15) is 0 Å². The van der Waals surface area contributed by atoms with Gasteiger partial charge in [0, 0.05) is 31.9 Å². The van der Waals surface area contributed by atoms with Crippen molar-refractivity contribution < 1.29 is 14.3 Å². The molecule has 0 aliphatic carbocycles. The monoisotopic (exact) mass is 547 g/mol. The minimum atomic E-state index is -0.444. The molecule has 8 nitrogen and oxygen atoms in total. The fourth-order valence-electron chi connectivity index (χ4n) is 4.66. The lowest BCUT2D eigenvalue weighted by molar-refractivity contribution is -0.127. The summed E-state index contributed by atoms with van der Waals surface area (Å²) in [5.41, 5.74) is 3.01. The average Bonchev–Trinajstić information content (AvgIpc) is 3.30. The van der Waals surface area contributed by atoms with E-state index in [0.717, 1.165) is 28.7 Å². The van der Waals surface area contributed by atoms with Gasteiger partial charge in [0.15, 0.2) is 5.17 Å². The van der Waals surface area contributed by atoms with Crippen molar-refractivity contribution in [2.24, 2.45) is 4.99 Å². The van der Waals surface area contributed by atoms with E-state index >= 15 is 0 Å². The van der Waals surface area contributed by atoms with Gasteiger partial charge >= 0.3 is 0 Å². The number of likely N-dealkylation sites (N-methyl/N-ethyl adjacent to an activating group) is 2. The van der Waals surface area contributed by atoms with E-state index < -0.39 is 6.04 Å². The summed E-state index contributed by atoms with van der Waals surface area (Å²) in [6.07, 6.45) is 0.196. The van der Waals surface area contributed by atoms with Crippen LogP contribution in [-0.2, 0) is 9.59 Å². The quantitative estimate of drug-likeness (QED) is 0.427. The summed E-state index contributed by atoms with van der Waals surface area (Å²) in [6.45, 7) is 8.37. The van der Waals surface area contributed by atoms with Crippen LogP contribution in [0.15, 0.2) is 82.0 Å². The van der Waals surface area contributed by atoms with Crippen LogP contribution in [0.25, 0.3) is 0 Å². The first-order valence-electron chi connectivity index (χ1n) is 13.3. The lowest BCUT2D eigenvalue weighted by atomic mass is 9.92. The van der Waals surface area contributed by atoms with Crippen LogP contribution >= 0.6 is 11.8 Å². The van der Waals surface area contributed by atoms with Crippen LogP contribution in [0.1, 0.15) is 38.8 Å². The first-order valence-corrected chi connectivity index (χ1v) is 14.2. The zero-order valence-corrected chi connectivity index (χ0v) is 24.1. The molecule has 206 valence electrons. The van der Waals surface area contributed by atoms with Gasteiger partial charge in [0.05, 0.1) is 23.7 Å². The summed E-state index contributed by atoms with van der Waals surface area (Å²) in [7, 11) is 3.95. The molecule has 2 heterocycles. The number of hydrogen-bond donors (Lipinski definition) is 1. The number of hydrogen-bond acceptors (Lipinski definition) is 7. The number of fused-ring (bicyclic) bond motifs is 1. The highest BCUT2D eigenvalue weighted by Crippen LogP contribution is 2.45. The predicted octanol–water partition coefficient (Wildman–Crippen LogP) is 4.99. The first kappa shape index (κ1) is 28.4. The number of thioether (sulfide) groups is 1. The number of nitrogens with zero attached hydrogens (tertiary/aromatic N) is 4. The Kier molecular flexibility index (Phi) is 9.48. The number of benzene rings is 2. The number of carbonyl (C=O) groups excluding carboxylic acids is 2. The lowest BCUT2D eigenvalue weighted by Gasteiger charge is -2.38. The number of ether oxygens (including phenoxy) is 1. The minimum absolute atomic E-state index is 0.0497. The van der Waals surface area contributed by atoms with Crippen molar-refractivity contribution in [2.75, 3.05) is 40.3 Å². The number of carbonyl (C=O) groups is 2. The highest BCUT2D eigenvalue weighted by molar-refractivity contribution is 8.16. The second-order valence-corrected chi connectivity index (χ2v) is 10.5. The van der Waals surface area contributed by atoms with Gasteiger partial charge in [-0.15, -0.1) is 0 Å². The van der Waals surface area contributed by atoms with Gasteiger partial charge in [-0.25, -0.2) is 4.99 Å². The Morgan fingerprint density at radius 1 is 1.05 bits per heavy atom. The largest absolute Gasteiger partial charge is 0.457 e. The number of aliphatic imine (C=N–C) groups is 1. The fraction of sp³-hybridized carbons (Fsp3) is 0.367. The van der Waals surface area contributed by atoms with E-state index in [1.54, 1.807) is 0 Å². The van der Waals surface area contributed by atoms with E-state index in [1.165, 1.54) is 11.8 Å². The van der Waals surface area contributed by atoms with Crippen molar-refractivity contribution in [2.45, 2.75) is 33.2 Å². The Labute approximate surface area is 235 Å². The van der Waals surface area contributed by atoms with Crippen molar-refractivity contribution in [3.63, 3.8) is 0 Å². The summed E-state index contributed by atoms with van der Waals surface area (Å²) in [6, 6.07) is 17.0. The van der Waals surface area contributed by atoms with Crippen molar-refractivity contribution in [3.8, 4) is 11.5 Å². The van der Waals surface area contributed by atoms with Gasteiger partial charge in [-0.3, -0.25) is 9.59 Å². The van der Waals surface area contributed by atoms with Crippen LogP contribution in [0, 0.1) is 0 Å². The van der Waals surface area contributed by atoms with Crippen LogP contribution in [0.4, 0.5) is 0 Å². The van der Waals surface area contributed by atoms with E-state index in [-0.39, 0.29) is 18.2 Å². The van der Waals surface area contributed by atoms with Gasteiger partial charge in [0.2, 0.25) is 5.91 Å². The van der Waals surface area contributed by atoms with Crippen molar-refractivity contribution >= 4 is 28.7 Å². The molecule has 2 aliphatic rings. The van der Waals surface area contributed by atoms with Crippen molar-refractivity contribution in [1.82, 2.24) is 20.0 Å². The van der Waals surface area contributed by atoms with Gasteiger partial charge in [-0.05, 0) is 70.1 Å². The summed E-state index contributed by atoms with van der Waals surface area (Å²) in [5, 5.41) is 5.74. The number of amides is 2. The molecule has 0 bridgehead atoms. The summed E-state index contributed by atoms with van der Waals surface area (Å²) >= 11 is 1.48. The van der Waals surface area contributed by atoms with E-state index in [1.807, 2.05) is 110 Å². The molecular formula is C30H37N5O3S. The number of amidine groups is 1. The number of para-hydroxylation sites is 1. The molecule has 2 aromatic rings. The molecule has 0 aromatic heterocycles. The smallest absolute Gasteiger partial charge is 0.254 e. The lowest BCUT2D eigenvalue weighted by Crippen LogP contribution is -2.42. The Morgan fingerprint density at radius 2 is 1.77 bits per heavy atom. The molecule has 0 fully saturated rings. The molecule has 0 radical (unpaired) electrons. The highest BCUT2D eigenvalue weighted by Gasteiger charge is 2.41. The third kappa shape index (κ3) is 6.72. The molecule has 0 unspecified atom stereocenters. The Balaban J connectivity index is 1.70. The molecule has 1 atom stereocenters. The van der Waals surface area contributed by atoms with Crippen LogP contribution < -0.4 is 10.1 Å². The Bertz CT molecular complexity index is 1280. The second-order valence-electron chi connectivity index (χ2n) is 9.69. The summed E-state index contributed by atoms with van der Waals surface area (Å²) in [4.78, 5) is 37.5. The standard InChI is InChI=1S/C30H37N5O3S/c1-6-34(7-2)29(37)27-21(3)32-30-35(23(20-39-30)19-26(36)31-16-17-33(4)5)28(27)22-12-11-15-25(18-22)38-24-13-9-8-10-14-24/h8-15,18,20,28H,6-7,16-17,19H2,1-5H3,(H,31,36)/t28-/m1/s1. The third-order valence-electron chi connectivity index (χ3n) is 6.66. The Morgan fingerprint density at radius 3 is 2.46 bits per heavy atom. The molecule has 0 saturated heterocycles. The van der Waals surface area contributed by atoms with Crippen LogP contribution in [0.2, 0.25) is 0 Å². The molecule has 39 heavy (non-hydrogen) atoms. The van der Waals surface area contributed by atoms with Crippen LogP contribution in [-0.4, -0.2) is 72.0 Å². The zero-order valence-electron chi connectivity index (χ0n) is 23.3. The highest BCUT2D eigenvalue weighted by atomic mass is 32.2. The van der Waals surface area contributed by atoms with Crippen LogP contribution in [0.5, 0.6) is 11.5 Å². The topological polar surface area (TPSA) is 77.5 Å². The maximum atomic E-state index is 13.9. The third-order valence-corrected chi connectivity index (χ3v) is 7.55. The molecule has 1 N–H and O–H groups in total. The van der Waals surface area contributed by atoms with Gasteiger partial charge in [0.1, 0.15) is 11.5 Å². The van der Waals surface area contributed by atoms with Crippen LogP contribution in [0.3, 0.4) is 0 Å². The first-order chi connectivity index (χ1) is 18.8. The number of allylic oxidation sites excluding steroid dienone is 1. The molecule has 0 saturated carbocycles. The molecule has 2 aliphatic heterocycles. The van der Waals surface area contributed by atoms with Crippen molar-refractivity contribution in [1.29, 1.82) is 0 Å². The summed E-state index contributed by atoms with van der Waals surface area (Å²) in [5.74, 6) is 1.30. The molecule has 2 aromatic carbocycles. The predicted molar refractivity (Wildman–Crippen MR) is 157 cm³/mol. The zero-order chi connectivity index (χ0) is 27.9. The van der Waals surface area contributed by atoms with E-state index in [9.17, 15) is 9.59 Å². The normalized spacial score (nSPS) is 16.6. The Hall–Kier alpha value is -3.56. The second kappa shape index (κ2) is 13.0. The van der Waals surface area contributed by atoms with E-state index in [0.29, 0.717) is 36.7 Å². The minimum Gasteiger partial charge on any atom is -0.457 e. The molecular weight excluding hydrogens is 510 g/mol.